The lowest BCUT2D eigenvalue weighted by atomic mass is 10.0. The van der Waals surface area contributed by atoms with Crippen molar-refractivity contribution in [2.75, 3.05) is 24.5 Å². The van der Waals surface area contributed by atoms with E-state index in [4.69, 9.17) is 5.73 Å². The standard InChI is InChI=1S/C16H21N7O2/c17-14(24)11-6-18-15(20-19-11)22-7-9-4-12(22)13(5-9)23-8-10-2-1-3-21(10)16(23)25/h6,9-10,12-13H,1-5,7-8H2,(H2,17,24). The first-order valence-corrected chi connectivity index (χ1v) is 8.95. The summed E-state index contributed by atoms with van der Waals surface area (Å²) >= 11 is 0. The number of primary amides is 1. The van der Waals surface area contributed by atoms with Crippen LogP contribution in [0.3, 0.4) is 0 Å². The van der Waals surface area contributed by atoms with Gasteiger partial charge in [-0.2, -0.15) is 0 Å². The Bertz CT molecular complexity index is 724. The van der Waals surface area contributed by atoms with Gasteiger partial charge in [0, 0.05) is 19.6 Å². The maximum atomic E-state index is 12.8. The molecule has 4 aliphatic rings. The number of rotatable bonds is 3. The van der Waals surface area contributed by atoms with E-state index in [1.807, 2.05) is 4.90 Å². The third kappa shape index (κ3) is 2.17. The van der Waals surface area contributed by atoms with E-state index in [0.717, 1.165) is 45.3 Å². The first kappa shape index (κ1) is 14.9. The minimum atomic E-state index is -0.629. The van der Waals surface area contributed by atoms with E-state index >= 15 is 0 Å². The fourth-order valence-corrected chi connectivity index (χ4v) is 5.09. The second-order valence-electron chi connectivity index (χ2n) is 7.56. The van der Waals surface area contributed by atoms with Crippen LogP contribution < -0.4 is 10.6 Å². The molecule has 4 unspecified atom stereocenters. The number of carbonyl (C=O) groups excluding carboxylic acids is 2. The van der Waals surface area contributed by atoms with Crippen LogP contribution in [-0.2, 0) is 0 Å². The van der Waals surface area contributed by atoms with Crippen molar-refractivity contribution in [1.29, 1.82) is 0 Å². The van der Waals surface area contributed by atoms with Crippen LogP contribution in [0.25, 0.3) is 0 Å². The summed E-state index contributed by atoms with van der Waals surface area (Å²) in [5, 5.41) is 7.96. The number of aromatic nitrogens is 3. The molecule has 0 aromatic carbocycles. The molecule has 1 saturated carbocycles. The predicted octanol–water partition coefficient (Wildman–Crippen LogP) is -0.162. The normalized spacial score (nSPS) is 33.4. The highest BCUT2D eigenvalue weighted by Gasteiger charge is 2.53. The minimum Gasteiger partial charge on any atom is -0.364 e. The number of nitrogens with two attached hydrogens (primary N) is 1. The van der Waals surface area contributed by atoms with E-state index in [9.17, 15) is 9.59 Å². The van der Waals surface area contributed by atoms with E-state index in [1.165, 1.54) is 6.20 Å². The smallest absolute Gasteiger partial charge is 0.320 e. The van der Waals surface area contributed by atoms with Crippen molar-refractivity contribution in [2.24, 2.45) is 11.7 Å². The molecule has 1 aromatic heterocycles. The summed E-state index contributed by atoms with van der Waals surface area (Å²) in [6.07, 6.45) is 5.73. The summed E-state index contributed by atoms with van der Waals surface area (Å²) in [5.41, 5.74) is 5.27. The third-order valence-electron chi connectivity index (χ3n) is 6.18. The van der Waals surface area contributed by atoms with Gasteiger partial charge in [0.15, 0.2) is 5.69 Å². The van der Waals surface area contributed by atoms with Gasteiger partial charge in [-0.1, -0.05) is 0 Å². The zero-order valence-corrected chi connectivity index (χ0v) is 13.9. The third-order valence-corrected chi connectivity index (χ3v) is 6.18. The van der Waals surface area contributed by atoms with Gasteiger partial charge in [-0.15, -0.1) is 10.2 Å². The Kier molecular flexibility index (Phi) is 3.13. The summed E-state index contributed by atoms with van der Waals surface area (Å²) < 4.78 is 0. The van der Waals surface area contributed by atoms with Crippen molar-refractivity contribution in [3.63, 3.8) is 0 Å². The molecule has 4 heterocycles. The van der Waals surface area contributed by atoms with Gasteiger partial charge in [0.1, 0.15) is 0 Å². The molecule has 4 atom stereocenters. The largest absolute Gasteiger partial charge is 0.364 e. The molecule has 25 heavy (non-hydrogen) atoms. The van der Waals surface area contributed by atoms with Crippen molar-refractivity contribution in [1.82, 2.24) is 25.0 Å². The molecule has 4 fully saturated rings. The highest BCUT2D eigenvalue weighted by atomic mass is 16.2. The Balaban J connectivity index is 1.37. The molecule has 132 valence electrons. The van der Waals surface area contributed by atoms with Crippen LogP contribution in [0.15, 0.2) is 6.20 Å². The summed E-state index contributed by atoms with van der Waals surface area (Å²) in [6.45, 7) is 2.63. The van der Waals surface area contributed by atoms with Crippen molar-refractivity contribution in [3.05, 3.63) is 11.9 Å². The molecule has 3 saturated heterocycles. The minimum absolute atomic E-state index is 0.0694. The Hall–Kier alpha value is -2.45. The molecule has 5 rings (SSSR count). The van der Waals surface area contributed by atoms with Gasteiger partial charge in [-0.25, -0.2) is 9.78 Å². The molecular weight excluding hydrogens is 322 g/mol. The molecule has 1 aromatic rings. The number of carbonyl (C=O) groups is 2. The van der Waals surface area contributed by atoms with Crippen LogP contribution >= 0.6 is 0 Å². The Labute approximate surface area is 145 Å². The van der Waals surface area contributed by atoms with Crippen LogP contribution in [0.1, 0.15) is 36.2 Å². The number of anilines is 1. The van der Waals surface area contributed by atoms with Gasteiger partial charge in [0.25, 0.3) is 5.91 Å². The van der Waals surface area contributed by atoms with Crippen molar-refractivity contribution < 1.29 is 9.59 Å². The number of nitrogens with zero attached hydrogens (tertiary/aromatic N) is 6. The quantitative estimate of drug-likeness (QED) is 0.817. The average molecular weight is 343 g/mol. The zero-order valence-electron chi connectivity index (χ0n) is 13.9. The summed E-state index contributed by atoms with van der Waals surface area (Å²) in [5.74, 6) is 0.447. The molecular formula is C16H21N7O2. The molecule has 9 nitrogen and oxygen atoms in total. The highest BCUT2D eigenvalue weighted by molar-refractivity contribution is 5.90. The predicted molar refractivity (Wildman–Crippen MR) is 87.8 cm³/mol. The summed E-state index contributed by atoms with van der Waals surface area (Å²) in [7, 11) is 0. The van der Waals surface area contributed by atoms with Gasteiger partial charge in [-0.05, 0) is 31.6 Å². The first-order valence-electron chi connectivity index (χ1n) is 8.95. The van der Waals surface area contributed by atoms with Crippen LogP contribution in [0, 0.1) is 5.92 Å². The lowest BCUT2D eigenvalue weighted by Gasteiger charge is -2.37. The number of amides is 3. The first-order chi connectivity index (χ1) is 12.1. The monoisotopic (exact) mass is 343 g/mol. The fraction of sp³-hybridized carbons (Fsp3) is 0.688. The fourth-order valence-electron chi connectivity index (χ4n) is 5.09. The maximum absolute atomic E-state index is 12.8. The lowest BCUT2D eigenvalue weighted by molar-refractivity contribution is 0.0994. The SMILES string of the molecule is NC(=O)c1cnc(N2CC3CC(N4CC5CCCN5C4=O)C2C3)nn1. The molecule has 0 spiro atoms. The summed E-state index contributed by atoms with van der Waals surface area (Å²) in [4.78, 5) is 34.4. The topological polar surface area (TPSA) is 109 Å². The molecule has 3 amide bonds. The van der Waals surface area contributed by atoms with Crippen LogP contribution in [-0.4, -0.2) is 74.7 Å². The van der Waals surface area contributed by atoms with E-state index < -0.39 is 5.91 Å². The van der Waals surface area contributed by atoms with Gasteiger partial charge < -0.3 is 20.4 Å². The Morgan fingerprint density at radius 1 is 1.12 bits per heavy atom. The van der Waals surface area contributed by atoms with Crippen molar-refractivity contribution in [2.45, 2.75) is 43.8 Å². The number of piperidine rings is 1. The van der Waals surface area contributed by atoms with Gasteiger partial charge in [-0.3, -0.25) is 4.79 Å². The molecule has 2 bridgehead atoms. The number of urea groups is 1. The zero-order chi connectivity index (χ0) is 17.1. The number of fused-ring (bicyclic) bond motifs is 3. The maximum Gasteiger partial charge on any atom is 0.320 e. The van der Waals surface area contributed by atoms with Gasteiger partial charge >= 0.3 is 6.03 Å². The Morgan fingerprint density at radius 3 is 2.56 bits per heavy atom. The van der Waals surface area contributed by atoms with E-state index in [0.29, 0.717) is 17.9 Å². The highest BCUT2D eigenvalue weighted by Crippen LogP contribution is 2.43. The molecule has 0 radical (unpaired) electrons. The number of hydrogen-bond acceptors (Lipinski definition) is 6. The van der Waals surface area contributed by atoms with E-state index in [-0.39, 0.29) is 23.8 Å². The van der Waals surface area contributed by atoms with Gasteiger partial charge in [0.2, 0.25) is 5.95 Å². The Morgan fingerprint density at radius 2 is 1.92 bits per heavy atom. The second kappa shape index (κ2) is 5.27. The molecule has 3 aliphatic heterocycles. The summed E-state index contributed by atoms with van der Waals surface area (Å²) in [6, 6.07) is 1.04. The lowest BCUT2D eigenvalue weighted by Crippen LogP contribution is -2.52. The van der Waals surface area contributed by atoms with E-state index in [2.05, 4.69) is 25.0 Å². The second-order valence-corrected chi connectivity index (χ2v) is 7.56. The van der Waals surface area contributed by atoms with Crippen molar-refractivity contribution >= 4 is 17.9 Å². The average Bonchev–Trinajstić information content (AvgIpc) is 3.36. The van der Waals surface area contributed by atoms with Crippen molar-refractivity contribution in [3.8, 4) is 0 Å². The number of hydrogen-bond donors (Lipinski definition) is 1. The van der Waals surface area contributed by atoms with Gasteiger partial charge in [0.05, 0.1) is 24.3 Å². The van der Waals surface area contributed by atoms with E-state index in [1.54, 1.807) is 0 Å². The molecule has 9 heteroatoms. The van der Waals surface area contributed by atoms with Crippen LogP contribution in [0.2, 0.25) is 0 Å². The molecule has 1 aliphatic carbocycles. The van der Waals surface area contributed by atoms with Crippen LogP contribution in [0.5, 0.6) is 0 Å². The molecule has 2 N–H and O–H groups in total. The van der Waals surface area contributed by atoms with Crippen LogP contribution in [0.4, 0.5) is 10.7 Å².